The third kappa shape index (κ3) is 5.93. The van der Waals surface area contributed by atoms with Crippen molar-refractivity contribution in [3.8, 4) is 0 Å². The second kappa shape index (κ2) is 10.2. The largest absolute Gasteiger partial charge is 0.356 e. The first-order chi connectivity index (χ1) is 13.5. The Morgan fingerprint density at radius 2 is 2.00 bits per heavy atom. The second-order valence-electron chi connectivity index (χ2n) is 8.33. The maximum atomic E-state index is 12.0. The molecule has 0 aliphatic heterocycles. The van der Waals surface area contributed by atoms with Gasteiger partial charge in [-0.2, -0.15) is 0 Å². The first-order valence-electron chi connectivity index (χ1n) is 10.8. The number of nitrogens with zero attached hydrogens (tertiary/aromatic N) is 3. The van der Waals surface area contributed by atoms with Crippen LogP contribution in [0.15, 0.2) is 4.99 Å². The number of carbonyl (C=O) groups is 1. The third-order valence-electron chi connectivity index (χ3n) is 5.83. The van der Waals surface area contributed by atoms with Crippen molar-refractivity contribution in [3.05, 3.63) is 15.6 Å². The van der Waals surface area contributed by atoms with Crippen LogP contribution in [0.3, 0.4) is 0 Å². The van der Waals surface area contributed by atoms with E-state index in [-0.39, 0.29) is 12.5 Å². The Labute approximate surface area is 173 Å². The lowest BCUT2D eigenvalue weighted by molar-refractivity contribution is -0.127. The molecule has 0 spiro atoms. The Hall–Kier alpha value is -1.63. The van der Waals surface area contributed by atoms with Gasteiger partial charge < -0.3 is 15.5 Å². The number of guanidine groups is 1. The van der Waals surface area contributed by atoms with E-state index in [9.17, 15) is 4.79 Å². The van der Waals surface area contributed by atoms with Crippen LogP contribution in [0.2, 0.25) is 0 Å². The smallest absolute Gasteiger partial charge is 0.243 e. The number of carbonyl (C=O) groups excluding carboxylic acids is 1. The van der Waals surface area contributed by atoms with Crippen molar-refractivity contribution in [3.63, 3.8) is 0 Å². The summed E-state index contributed by atoms with van der Waals surface area (Å²) in [6.45, 7) is 3.27. The van der Waals surface area contributed by atoms with Crippen molar-refractivity contribution in [1.29, 1.82) is 0 Å². The van der Waals surface area contributed by atoms with Crippen LogP contribution in [-0.2, 0) is 24.1 Å². The summed E-state index contributed by atoms with van der Waals surface area (Å²) >= 11 is 1.87. The van der Waals surface area contributed by atoms with Crippen molar-refractivity contribution in [2.24, 2.45) is 10.9 Å². The number of fused-ring (bicyclic) bond motifs is 1. The van der Waals surface area contributed by atoms with E-state index in [4.69, 9.17) is 4.98 Å². The Bertz CT molecular complexity index is 661. The van der Waals surface area contributed by atoms with E-state index in [1.54, 1.807) is 19.0 Å². The van der Waals surface area contributed by atoms with Crippen LogP contribution in [0.25, 0.3) is 0 Å². The van der Waals surface area contributed by atoms with Gasteiger partial charge in [0.25, 0.3) is 0 Å². The molecule has 7 heteroatoms. The molecular weight excluding hydrogens is 370 g/mol. The number of hydrogen-bond acceptors (Lipinski definition) is 4. The molecule has 2 atom stereocenters. The number of aliphatic imine (C=N–C) groups is 1. The minimum Gasteiger partial charge on any atom is -0.356 e. The SMILES string of the molecule is CC1CCCCC1NC(=NCC(=O)N(C)C)NCCc1nc2c(s1)CCCC2. The molecule has 1 heterocycles. The molecule has 1 aromatic rings. The first-order valence-corrected chi connectivity index (χ1v) is 11.6. The van der Waals surface area contributed by atoms with Gasteiger partial charge in [0.2, 0.25) is 5.91 Å². The highest BCUT2D eigenvalue weighted by atomic mass is 32.1. The fraction of sp³-hybridized carbons (Fsp3) is 0.762. The van der Waals surface area contributed by atoms with Crippen LogP contribution >= 0.6 is 11.3 Å². The highest BCUT2D eigenvalue weighted by Crippen LogP contribution is 2.27. The van der Waals surface area contributed by atoms with E-state index in [0.29, 0.717) is 12.0 Å². The van der Waals surface area contributed by atoms with Gasteiger partial charge >= 0.3 is 0 Å². The fourth-order valence-corrected chi connectivity index (χ4v) is 5.10. The Morgan fingerprint density at radius 1 is 1.21 bits per heavy atom. The summed E-state index contributed by atoms with van der Waals surface area (Å²) in [7, 11) is 3.54. The predicted octanol–water partition coefficient (Wildman–Crippen LogP) is 2.77. The number of thiazole rings is 1. The van der Waals surface area contributed by atoms with Crippen molar-refractivity contribution in [2.75, 3.05) is 27.2 Å². The van der Waals surface area contributed by atoms with E-state index < -0.39 is 0 Å². The Balaban J connectivity index is 1.56. The van der Waals surface area contributed by atoms with Gasteiger partial charge in [-0.1, -0.05) is 19.8 Å². The molecule has 0 aromatic carbocycles. The van der Waals surface area contributed by atoms with Crippen LogP contribution < -0.4 is 10.6 Å². The molecule has 3 rings (SSSR count). The standard InChI is InChI=1S/C21H35N5OS/c1-15-8-4-5-9-16(15)25-21(23-14-20(27)26(2)3)22-13-12-19-24-17-10-6-7-11-18(17)28-19/h15-16H,4-14H2,1-3H3,(H2,22,23,25). The lowest BCUT2D eigenvalue weighted by Crippen LogP contribution is -2.48. The lowest BCUT2D eigenvalue weighted by Gasteiger charge is -2.31. The molecule has 1 amide bonds. The molecule has 6 nitrogen and oxygen atoms in total. The van der Waals surface area contributed by atoms with Crippen LogP contribution in [-0.4, -0.2) is 55.0 Å². The molecule has 2 unspecified atom stereocenters. The molecule has 156 valence electrons. The number of aromatic nitrogens is 1. The summed E-state index contributed by atoms with van der Waals surface area (Å²) in [4.78, 5) is 24.4. The molecule has 1 fully saturated rings. The summed E-state index contributed by atoms with van der Waals surface area (Å²) in [6, 6.07) is 0.432. The van der Waals surface area contributed by atoms with E-state index in [2.05, 4.69) is 22.5 Å². The zero-order valence-corrected chi connectivity index (χ0v) is 18.4. The fourth-order valence-electron chi connectivity index (χ4n) is 3.95. The highest BCUT2D eigenvalue weighted by Gasteiger charge is 2.22. The van der Waals surface area contributed by atoms with Gasteiger partial charge in [-0.15, -0.1) is 11.3 Å². The molecule has 0 radical (unpaired) electrons. The predicted molar refractivity (Wildman–Crippen MR) is 116 cm³/mol. The topological polar surface area (TPSA) is 69.6 Å². The first kappa shape index (κ1) is 21.1. The maximum Gasteiger partial charge on any atom is 0.243 e. The molecule has 0 bridgehead atoms. The van der Waals surface area contributed by atoms with Gasteiger partial charge in [0.15, 0.2) is 5.96 Å². The van der Waals surface area contributed by atoms with Crippen molar-refractivity contribution in [1.82, 2.24) is 20.5 Å². The maximum absolute atomic E-state index is 12.0. The van der Waals surface area contributed by atoms with Crippen molar-refractivity contribution < 1.29 is 4.79 Å². The molecule has 2 aliphatic rings. The summed E-state index contributed by atoms with van der Waals surface area (Å²) in [5.41, 5.74) is 1.32. The molecule has 2 aliphatic carbocycles. The average molecular weight is 406 g/mol. The van der Waals surface area contributed by atoms with Gasteiger partial charge in [-0.25, -0.2) is 9.98 Å². The van der Waals surface area contributed by atoms with Gasteiger partial charge in [0.05, 0.1) is 10.7 Å². The summed E-state index contributed by atoms with van der Waals surface area (Å²) in [5.74, 6) is 1.41. The molecule has 1 saturated carbocycles. The van der Waals surface area contributed by atoms with E-state index >= 15 is 0 Å². The molecular formula is C21H35N5OS. The minimum absolute atomic E-state index is 0.0189. The van der Waals surface area contributed by atoms with Crippen LogP contribution in [0.5, 0.6) is 0 Å². The van der Waals surface area contributed by atoms with Crippen LogP contribution in [0.4, 0.5) is 0 Å². The van der Waals surface area contributed by atoms with Crippen molar-refractivity contribution in [2.45, 2.75) is 70.8 Å². The van der Waals surface area contributed by atoms with Gasteiger partial charge in [0, 0.05) is 38.0 Å². The number of rotatable bonds is 6. The van der Waals surface area contributed by atoms with Crippen LogP contribution in [0.1, 0.15) is 61.0 Å². The molecule has 1 aromatic heterocycles. The quantitative estimate of drug-likeness (QED) is 0.564. The number of likely N-dealkylation sites (N-methyl/N-ethyl adjacent to an activating group) is 1. The van der Waals surface area contributed by atoms with E-state index in [1.165, 1.54) is 60.5 Å². The highest BCUT2D eigenvalue weighted by molar-refractivity contribution is 7.11. The Morgan fingerprint density at radius 3 is 2.75 bits per heavy atom. The summed E-state index contributed by atoms with van der Waals surface area (Å²) in [5, 5.41) is 8.25. The molecule has 2 N–H and O–H groups in total. The number of hydrogen-bond donors (Lipinski definition) is 2. The molecule has 28 heavy (non-hydrogen) atoms. The number of aryl methyl sites for hydroxylation is 2. The van der Waals surface area contributed by atoms with Crippen molar-refractivity contribution >= 4 is 23.2 Å². The minimum atomic E-state index is 0.0189. The third-order valence-corrected chi connectivity index (χ3v) is 7.04. The summed E-state index contributed by atoms with van der Waals surface area (Å²) in [6.07, 6.45) is 10.8. The normalized spacial score (nSPS) is 22.5. The Kier molecular flexibility index (Phi) is 7.71. The number of amides is 1. The van der Waals surface area contributed by atoms with E-state index in [0.717, 1.165) is 25.3 Å². The van der Waals surface area contributed by atoms with Gasteiger partial charge in [-0.3, -0.25) is 4.79 Å². The zero-order chi connectivity index (χ0) is 19.9. The van der Waals surface area contributed by atoms with Crippen LogP contribution in [0, 0.1) is 5.92 Å². The van der Waals surface area contributed by atoms with Gasteiger partial charge in [0.1, 0.15) is 6.54 Å². The monoisotopic (exact) mass is 405 g/mol. The van der Waals surface area contributed by atoms with Gasteiger partial charge in [-0.05, 0) is 44.4 Å². The number of nitrogens with one attached hydrogen (secondary N) is 2. The van der Waals surface area contributed by atoms with E-state index in [1.807, 2.05) is 11.3 Å². The average Bonchev–Trinajstić information content (AvgIpc) is 3.10. The summed E-state index contributed by atoms with van der Waals surface area (Å²) < 4.78 is 0. The zero-order valence-electron chi connectivity index (χ0n) is 17.6. The molecule has 0 saturated heterocycles. The lowest BCUT2D eigenvalue weighted by atomic mass is 9.86. The second-order valence-corrected chi connectivity index (χ2v) is 9.50.